The van der Waals surface area contributed by atoms with Gasteiger partial charge in [-0.05, 0) is 55.6 Å². The van der Waals surface area contributed by atoms with E-state index in [-0.39, 0.29) is 6.03 Å². The Hall–Kier alpha value is -1.55. The van der Waals surface area contributed by atoms with Gasteiger partial charge in [-0.1, -0.05) is 24.3 Å². The van der Waals surface area contributed by atoms with Crippen LogP contribution in [0.2, 0.25) is 0 Å². The van der Waals surface area contributed by atoms with Crippen molar-refractivity contribution in [2.24, 2.45) is 11.8 Å². The highest BCUT2D eigenvalue weighted by Crippen LogP contribution is 2.37. The van der Waals surface area contributed by atoms with Gasteiger partial charge < -0.3 is 15.4 Å². The number of aryl methyl sites for hydroxylation is 1. The van der Waals surface area contributed by atoms with Gasteiger partial charge in [-0.2, -0.15) is 0 Å². The molecule has 0 spiro atoms. The van der Waals surface area contributed by atoms with Crippen LogP contribution in [0.5, 0.6) is 0 Å². The lowest BCUT2D eigenvalue weighted by Gasteiger charge is -2.47. The van der Waals surface area contributed by atoms with Crippen molar-refractivity contribution in [3.63, 3.8) is 0 Å². The number of ether oxygens (including phenoxy) is 1. The summed E-state index contributed by atoms with van der Waals surface area (Å²) < 4.78 is 5.71. The lowest BCUT2D eigenvalue weighted by Crippen LogP contribution is -2.59. The summed E-state index contributed by atoms with van der Waals surface area (Å²) in [6.45, 7) is 1.67. The molecule has 1 aromatic rings. The molecule has 124 valence electrons. The van der Waals surface area contributed by atoms with E-state index in [1.807, 2.05) is 0 Å². The number of rotatable bonds is 3. The van der Waals surface area contributed by atoms with Gasteiger partial charge in [0.25, 0.3) is 0 Å². The van der Waals surface area contributed by atoms with E-state index in [4.69, 9.17) is 4.74 Å². The molecule has 1 saturated heterocycles. The predicted octanol–water partition coefficient (Wildman–Crippen LogP) is 2.66. The number of urea groups is 1. The van der Waals surface area contributed by atoms with Gasteiger partial charge in [-0.3, -0.25) is 0 Å². The fourth-order valence-electron chi connectivity index (χ4n) is 4.37. The average molecular weight is 314 g/mol. The molecule has 1 heterocycles. The molecule has 4 atom stereocenters. The third kappa shape index (κ3) is 3.23. The van der Waals surface area contributed by atoms with Crippen LogP contribution in [0.15, 0.2) is 24.3 Å². The third-order valence-electron chi connectivity index (χ3n) is 5.81. The van der Waals surface area contributed by atoms with E-state index in [9.17, 15) is 4.79 Å². The van der Waals surface area contributed by atoms with E-state index in [1.54, 1.807) is 0 Å². The number of fused-ring (bicyclic) bond motifs is 2. The van der Waals surface area contributed by atoms with Gasteiger partial charge in [0.2, 0.25) is 0 Å². The first-order valence-corrected chi connectivity index (χ1v) is 9.02. The summed E-state index contributed by atoms with van der Waals surface area (Å²) in [6, 6.07) is 8.99. The zero-order valence-electron chi connectivity index (χ0n) is 13.6. The lowest BCUT2D eigenvalue weighted by molar-refractivity contribution is -0.0999. The van der Waals surface area contributed by atoms with E-state index < -0.39 is 0 Å². The molecular weight excluding hydrogens is 288 g/mol. The number of carbonyl (C=O) groups is 1. The number of carbonyl (C=O) groups excluding carboxylic acids is 1. The standard InChI is InChI=1S/C19H26N2O2/c22-19(21-17-11-18-16(17)6-3-9-23-18)20-12-13-7-8-14-4-1-2-5-15(14)10-13/h1-2,4-5,13,16-18H,3,6-12H2,(H2,20,21,22). The van der Waals surface area contributed by atoms with Crippen molar-refractivity contribution in [1.29, 1.82) is 0 Å². The van der Waals surface area contributed by atoms with Gasteiger partial charge in [0, 0.05) is 25.1 Å². The van der Waals surface area contributed by atoms with Gasteiger partial charge >= 0.3 is 6.03 Å². The molecule has 4 rings (SSSR count). The first-order chi connectivity index (χ1) is 11.3. The van der Waals surface area contributed by atoms with Gasteiger partial charge in [-0.15, -0.1) is 0 Å². The van der Waals surface area contributed by atoms with Crippen LogP contribution in [0.25, 0.3) is 0 Å². The number of nitrogens with one attached hydrogen (secondary N) is 2. The van der Waals surface area contributed by atoms with E-state index in [0.717, 1.165) is 38.8 Å². The highest BCUT2D eigenvalue weighted by atomic mass is 16.5. The van der Waals surface area contributed by atoms with E-state index >= 15 is 0 Å². The minimum atomic E-state index is -0.00196. The zero-order chi connectivity index (χ0) is 15.6. The Labute approximate surface area is 138 Å². The van der Waals surface area contributed by atoms with Gasteiger partial charge in [0.15, 0.2) is 0 Å². The van der Waals surface area contributed by atoms with Crippen molar-refractivity contribution >= 4 is 6.03 Å². The first-order valence-electron chi connectivity index (χ1n) is 9.02. The minimum absolute atomic E-state index is 0.00196. The van der Waals surface area contributed by atoms with Crippen LogP contribution in [0.1, 0.15) is 36.8 Å². The highest BCUT2D eigenvalue weighted by Gasteiger charge is 2.43. The maximum absolute atomic E-state index is 12.1. The number of hydrogen-bond acceptors (Lipinski definition) is 2. The van der Waals surface area contributed by atoms with Gasteiger partial charge in [0.1, 0.15) is 0 Å². The van der Waals surface area contributed by atoms with Gasteiger partial charge in [-0.25, -0.2) is 4.79 Å². The Kier molecular flexibility index (Phi) is 4.25. The number of benzene rings is 1. The largest absolute Gasteiger partial charge is 0.378 e. The summed E-state index contributed by atoms with van der Waals surface area (Å²) in [6.07, 6.45) is 7.07. The molecule has 0 radical (unpaired) electrons. The summed E-state index contributed by atoms with van der Waals surface area (Å²) >= 11 is 0. The minimum Gasteiger partial charge on any atom is -0.378 e. The van der Waals surface area contributed by atoms with Crippen molar-refractivity contribution < 1.29 is 9.53 Å². The molecule has 4 heteroatoms. The molecule has 2 fully saturated rings. The second-order valence-corrected chi connectivity index (χ2v) is 7.29. The summed E-state index contributed by atoms with van der Waals surface area (Å²) in [5.41, 5.74) is 2.93. The quantitative estimate of drug-likeness (QED) is 0.901. The van der Waals surface area contributed by atoms with E-state index in [2.05, 4.69) is 34.9 Å². The summed E-state index contributed by atoms with van der Waals surface area (Å²) in [7, 11) is 0. The predicted molar refractivity (Wildman–Crippen MR) is 89.4 cm³/mol. The van der Waals surface area contributed by atoms with E-state index in [0.29, 0.717) is 24.0 Å². The number of amides is 2. The maximum Gasteiger partial charge on any atom is 0.315 e. The molecule has 2 aliphatic carbocycles. The second kappa shape index (κ2) is 6.52. The van der Waals surface area contributed by atoms with Crippen molar-refractivity contribution in [2.75, 3.05) is 13.2 Å². The SMILES string of the molecule is O=C(NCC1CCc2ccccc2C1)NC1CC2OCCCC12. The molecule has 1 saturated carbocycles. The van der Waals surface area contributed by atoms with Crippen molar-refractivity contribution in [3.05, 3.63) is 35.4 Å². The Balaban J connectivity index is 1.22. The summed E-state index contributed by atoms with van der Waals surface area (Å²) in [5, 5.41) is 6.23. The Bertz CT molecular complexity index is 574. The van der Waals surface area contributed by atoms with Crippen molar-refractivity contribution in [2.45, 2.75) is 50.7 Å². The van der Waals surface area contributed by atoms with Crippen LogP contribution in [-0.2, 0) is 17.6 Å². The molecule has 4 unspecified atom stereocenters. The molecule has 4 nitrogen and oxygen atoms in total. The smallest absolute Gasteiger partial charge is 0.315 e. The normalized spacial score (nSPS) is 32.2. The monoisotopic (exact) mass is 314 g/mol. The molecule has 1 aromatic carbocycles. The zero-order valence-corrected chi connectivity index (χ0v) is 13.6. The van der Waals surface area contributed by atoms with Crippen molar-refractivity contribution in [3.8, 4) is 0 Å². The fourth-order valence-corrected chi connectivity index (χ4v) is 4.37. The first kappa shape index (κ1) is 15.0. The second-order valence-electron chi connectivity index (χ2n) is 7.29. The highest BCUT2D eigenvalue weighted by molar-refractivity contribution is 5.74. The molecule has 1 aliphatic heterocycles. The molecule has 23 heavy (non-hydrogen) atoms. The fraction of sp³-hybridized carbons (Fsp3) is 0.632. The van der Waals surface area contributed by atoms with Crippen LogP contribution in [-0.4, -0.2) is 31.3 Å². The van der Waals surface area contributed by atoms with Crippen LogP contribution in [0.3, 0.4) is 0 Å². The summed E-state index contributed by atoms with van der Waals surface area (Å²) in [4.78, 5) is 12.1. The summed E-state index contributed by atoms with van der Waals surface area (Å²) in [5.74, 6) is 1.10. The van der Waals surface area contributed by atoms with Crippen LogP contribution >= 0.6 is 0 Å². The molecule has 3 aliphatic rings. The van der Waals surface area contributed by atoms with Crippen LogP contribution < -0.4 is 10.6 Å². The number of hydrogen-bond donors (Lipinski definition) is 2. The maximum atomic E-state index is 12.1. The van der Waals surface area contributed by atoms with E-state index in [1.165, 1.54) is 24.0 Å². The average Bonchev–Trinajstić information content (AvgIpc) is 2.58. The van der Waals surface area contributed by atoms with Gasteiger partial charge in [0.05, 0.1) is 6.10 Å². The Morgan fingerprint density at radius 1 is 1.22 bits per heavy atom. The molecule has 2 N–H and O–H groups in total. The Morgan fingerprint density at radius 2 is 2.09 bits per heavy atom. The van der Waals surface area contributed by atoms with Crippen molar-refractivity contribution in [1.82, 2.24) is 10.6 Å². The third-order valence-corrected chi connectivity index (χ3v) is 5.81. The van der Waals surface area contributed by atoms with Crippen LogP contribution in [0.4, 0.5) is 4.79 Å². The molecule has 0 bridgehead atoms. The lowest BCUT2D eigenvalue weighted by atomic mass is 9.72. The molecule has 2 amide bonds. The molecule has 0 aromatic heterocycles. The Morgan fingerprint density at radius 3 is 2.96 bits per heavy atom. The topological polar surface area (TPSA) is 50.4 Å². The molecular formula is C19H26N2O2. The van der Waals surface area contributed by atoms with Crippen LogP contribution in [0, 0.1) is 11.8 Å².